The molecule has 6 N–H and O–H groups in total. The number of carbonyl (C=O) groups is 4. The summed E-state index contributed by atoms with van der Waals surface area (Å²) in [6.45, 7) is 18.1. The van der Waals surface area contributed by atoms with Gasteiger partial charge in [0.25, 0.3) is 5.91 Å². The van der Waals surface area contributed by atoms with E-state index in [2.05, 4.69) is 30.9 Å². The van der Waals surface area contributed by atoms with Crippen LogP contribution in [-0.2, 0) is 22.6 Å². The quantitative estimate of drug-likeness (QED) is 0.0566. The minimum absolute atomic E-state index is 0.0636. The fourth-order valence-corrected chi connectivity index (χ4v) is 11.9. The number of thiazole rings is 2. The minimum atomic E-state index is -1.01. The number of rotatable bonds is 17. The standard InChI is InChI=1S/C35H39N7O5S.C31H35N5O6.C4H6N2S/c1-22-21-48-33(37-22)39-32(43)24-10-14-27(15-11-24)46-28-16-17-36-31-29(28)30(40-42(31)19-23-8-12-26(45-5)13-9-23)38-25-7-6-18-41(20-25)34(44)47-35(2,3)4;1-31(2,3)42-30(39)35-17-5-6-22(19-35)33-27-26-25(41-24-13-9-21(10-14-24)29(37)38)15-16-32-28(26)36(34-27)18-20-7-11-23(40-4)12-8-20;1-3-2-7-4(5)6-3/h8-17,21,25H,6-7,18-20H2,1-5H3,(H,38,40)(H,37,39,43);7-16,22H,5-6,17-19H2,1-4H3,(H,33,34)(H,37,38);2H,1H3,(H2,5,6)/t25-;22-;/m11./s1. The van der Waals surface area contributed by atoms with E-state index < -0.39 is 17.2 Å². The fraction of sp³-hybridized carbons (Fsp3) is 0.343. The van der Waals surface area contributed by atoms with Crippen molar-refractivity contribution in [1.29, 1.82) is 0 Å². The van der Waals surface area contributed by atoms with Crippen molar-refractivity contribution in [2.45, 2.75) is 117 Å². The first-order valence-corrected chi connectivity index (χ1v) is 33.3. The molecule has 25 nitrogen and oxygen atoms in total. The number of ether oxygens (including phenoxy) is 6. The number of piperidine rings is 2. The lowest BCUT2D eigenvalue weighted by Crippen LogP contribution is -2.47. The number of fused-ring (bicyclic) bond motifs is 2. The Morgan fingerprint density at radius 2 is 1.00 bits per heavy atom. The van der Waals surface area contributed by atoms with Crippen molar-refractivity contribution in [1.82, 2.24) is 49.3 Å². The number of hydrogen-bond donors (Lipinski definition) is 5. The summed E-state index contributed by atoms with van der Waals surface area (Å²) in [6, 6.07) is 32.1. The summed E-state index contributed by atoms with van der Waals surface area (Å²) < 4.78 is 38.2. The molecule has 10 aromatic rings. The molecule has 2 aliphatic heterocycles. The van der Waals surface area contributed by atoms with E-state index in [0.29, 0.717) is 112 Å². The number of aromatic nitrogens is 8. The van der Waals surface area contributed by atoms with E-state index >= 15 is 0 Å². The minimum Gasteiger partial charge on any atom is -0.497 e. The summed E-state index contributed by atoms with van der Waals surface area (Å²) in [7, 11) is 3.27. The van der Waals surface area contributed by atoms with Crippen LogP contribution in [0.4, 0.5) is 31.5 Å². The van der Waals surface area contributed by atoms with E-state index in [0.717, 1.165) is 59.7 Å². The van der Waals surface area contributed by atoms with Gasteiger partial charge in [0.2, 0.25) is 0 Å². The highest BCUT2D eigenvalue weighted by atomic mass is 32.1. The maximum Gasteiger partial charge on any atom is 0.410 e. The van der Waals surface area contributed by atoms with Crippen LogP contribution in [0.5, 0.6) is 34.5 Å². The third-order valence-electron chi connectivity index (χ3n) is 15.1. The highest BCUT2D eigenvalue weighted by Crippen LogP contribution is 2.38. The highest BCUT2D eigenvalue weighted by Gasteiger charge is 2.32. The van der Waals surface area contributed by atoms with E-state index in [1.54, 1.807) is 84.9 Å². The van der Waals surface area contributed by atoms with E-state index in [-0.39, 0.29) is 35.7 Å². The lowest BCUT2D eigenvalue weighted by Gasteiger charge is -2.34. The number of likely N-dealkylation sites (tertiary alicyclic amines) is 2. The Morgan fingerprint density at radius 3 is 1.37 bits per heavy atom. The predicted octanol–water partition coefficient (Wildman–Crippen LogP) is 13.9. The zero-order valence-corrected chi connectivity index (χ0v) is 57.5. The fourth-order valence-electron chi connectivity index (χ4n) is 10.6. The molecule has 8 heterocycles. The first-order chi connectivity index (χ1) is 46.4. The zero-order valence-electron chi connectivity index (χ0n) is 55.8. The van der Waals surface area contributed by atoms with Gasteiger partial charge in [-0.25, -0.2) is 43.7 Å². The van der Waals surface area contributed by atoms with Crippen LogP contribution >= 0.6 is 22.7 Å². The SMILES string of the molecule is COc1ccc(Cn2nc(N[C@@H]3CCCN(C(=O)OC(C)(C)C)C3)c3c(Oc4ccc(C(=O)Nc5nc(C)cs5)cc4)ccnc32)cc1.COc1ccc(Cn2nc(N[C@@H]3CCCN(C(=O)OC(C)(C)C)C3)c3c(Oc4ccc(C(=O)O)cc4)ccnc32)cc1.Cc1csc(N)n1. The largest absolute Gasteiger partial charge is 0.497 e. The van der Waals surface area contributed by atoms with E-state index in [1.165, 1.54) is 34.8 Å². The van der Waals surface area contributed by atoms with Crippen LogP contribution < -0.4 is 40.6 Å². The molecule has 2 saturated heterocycles. The van der Waals surface area contributed by atoms with Gasteiger partial charge in [-0.05, 0) is 165 Å². The van der Waals surface area contributed by atoms with Gasteiger partial charge in [0, 0.05) is 79.1 Å². The van der Waals surface area contributed by atoms with Gasteiger partial charge < -0.3 is 59.7 Å². The molecule has 97 heavy (non-hydrogen) atoms. The monoisotopic (exact) mass is 1360 g/mol. The van der Waals surface area contributed by atoms with Crippen LogP contribution in [0, 0.1) is 13.8 Å². The maximum absolute atomic E-state index is 12.9. The normalized spacial score (nSPS) is 14.7. The average molecular weight is 1360 g/mol. The number of anilines is 4. The number of pyridine rings is 2. The van der Waals surface area contributed by atoms with Gasteiger partial charge in [-0.15, -0.1) is 22.7 Å². The van der Waals surface area contributed by atoms with E-state index in [1.807, 2.05) is 124 Å². The third kappa shape index (κ3) is 18.9. The number of hydrogen-bond acceptors (Lipinski definition) is 21. The molecule has 2 atom stereocenters. The summed E-state index contributed by atoms with van der Waals surface area (Å²) >= 11 is 2.85. The highest BCUT2D eigenvalue weighted by molar-refractivity contribution is 7.14. The summed E-state index contributed by atoms with van der Waals surface area (Å²) in [6.07, 6.45) is 6.03. The second-order valence-electron chi connectivity index (χ2n) is 25.2. The molecule has 2 fully saturated rings. The summed E-state index contributed by atoms with van der Waals surface area (Å²) in [5, 5.41) is 35.5. The van der Waals surface area contributed by atoms with Gasteiger partial charge in [-0.1, -0.05) is 24.3 Å². The van der Waals surface area contributed by atoms with Crippen LogP contribution in [0.2, 0.25) is 0 Å². The van der Waals surface area contributed by atoms with E-state index in [9.17, 15) is 24.3 Å². The molecule has 0 aliphatic carbocycles. The first kappa shape index (κ1) is 69.3. The Kier molecular flexibility index (Phi) is 22.1. The summed E-state index contributed by atoms with van der Waals surface area (Å²) in [5.41, 5.74) is 9.94. The molecule has 6 aromatic heterocycles. The van der Waals surface area contributed by atoms with Crippen LogP contribution in [-0.4, -0.2) is 142 Å². The predicted molar refractivity (Wildman–Crippen MR) is 374 cm³/mol. The van der Waals surface area contributed by atoms with Crippen LogP contribution in [0.15, 0.2) is 132 Å². The molecule has 3 amide bonds. The number of carboxylic acid groups (broad SMARTS) is 1. The molecule has 0 saturated carbocycles. The van der Waals surface area contributed by atoms with E-state index in [4.69, 9.17) is 49.3 Å². The van der Waals surface area contributed by atoms with Gasteiger partial charge in [0.1, 0.15) is 56.5 Å². The molecular formula is C70H80N14O11S2. The van der Waals surface area contributed by atoms with Crippen molar-refractivity contribution in [3.8, 4) is 34.5 Å². The van der Waals surface area contributed by atoms with Gasteiger partial charge in [-0.2, -0.15) is 10.2 Å². The number of nitrogens with zero attached hydrogens (tertiary/aromatic N) is 10. The Bertz CT molecular complexity index is 4320. The van der Waals surface area contributed by atoms with Crippen molar-refractivity contribution in [3.63, 3.8) is 0 Å². The van der Waals surface area contributed by atoms with Crippen molar-refractivity contribution < 1.29 is 52.7 Å². The van der Waals surface area contributed by atoms with Crippen LogP contribution in [0.3, 0.4) is 0 Å². The molecule has 508 valence electrons. The molecule has 27 heteroatoms. The molecule has 12 rings (SSSR count). The number of aromatic carboxylic acids is 1. The van der Waals surface area contributed by atoms with Crippen molar-refractivity contribution in [2.75, 3.05) is 62.1 Å². The summed E-state index contributed by atoms with van der Waals surface area (Å²) in [5.74, 6) is 3.57. The Labute approximate surface area is 569 Å². The number of nitrogen functional groups attached to an aromatic ring is 1. The number of methoxy groups -OCH3 is 2. The van der Waals surface area contributed by atoms with Gasteiger partial charge >= 0.3 is 18.2 Å². The van der Waals surface area contributed by atoms with Crippen molar-refractivity contribution in [2.24, 2.45) is 0 Å². The Hall–Kier alpha value is -10.5. The molecular weight excluding hydrogens is 1280 g/mol. The van der Waals surface area contributed by atoms with Gasteiger partial charge in [-0.3, -0.25) is 10.1 Å². The molecule has 4 aromatic carbocycles. The lowest BCUT2D eigenvalue weighted by molar-refractivity contribution is 0.0196. The van der Waals surface area contributed by atoms with Crippen molar-refractivity contribution in [3.05, 3.63) is 166 Å². The molecule has 0 unspecified atom stereocenters. The van der Waals surface area contributed by atoms with Gasteiger partial charge in [0.15, 0.2) is 33.2 Å². The van der Waals surface area contributed by atoms with Crippen LogP contribution in [0.25, 0.3) is 22.1 Å². The summed E-state index contributed by atoms with van der Waals surface area (Å²) in [4.78, 5) is 70.7. The maximum atomic E-state index is 12.9. The smallest absolute Gasteiger partial charge is 0.410 e. The second kappa shape index (κ2) is 30.9. The van der Waals surface area contributed by atoms with Gasteiger partial charge in [0.05, 0.1) is 44.3 Å². The third-order valence-corrected chi connectivity index (χ3v) is 16.8. The molecule has 0 bridgehead atoms. The average Bonchev–Trinajstić information content (AvgIpc) is 1.68. The molecule has 2 aliphatic rings. The zero-order chi connectivity index (χ0) is 69.0. The lowest BCUT2D eigenvalue weighted by atomic mass is 10.1. The number of aryl methyl sites for hydroxylation is 2. The number of nitrogens with two attached hydrogens (primary N) is 1. The number of benzene rings is 4. The number of carboxylic acids is 1. The van der Waals surface area contributed by atoms with Crippen LogP contribution in [0.1, 0.15) is 110 Å². The number of nitrogens with one attached hydrogen (secondary N) is 3. The molecule has 0 radical (unpaired) electrons. The van der Waals surface area contributed by atoms with Crippen molar-refractivity contribution >= 4 is 90.7 Å². The topological polar surface area (TPSA) is 300 Å². The number of amides is 3. The number of carbonyl (C=O) groups excluding carboxylic acids is 3. The Morgan fingerprint density at radius 1 is 0.577 bits per heavy atom. The first-order valence-electron chi connectivity index (χ1n) is 31.6. The molecule has 0 spiro atoms. The Balaban J connectivity index is 0.000000192. The second-order valence-corrected chi connectivity index (χ2v) is 26.9.